The van der Waals surface area contributed by atoms with Crippen LogP contribution < -0.4 is 20.7 Å². The van der Waals surface area contributed by atoms with E-state index >= 15 is 0 Å². The maximum atomic E-state index is 13.2. The Morgan fingerprint density at radius 2 is 1.70 bits per heavy atom. The number of aromatic hydroxyl groups is 1. The fraction of sp³-hybridized carbons (Fsp3) is 0.344. The van der Waals surface area contributed by atoms with Crippen LogP contribution in [0, 0.1) is 0 Å². The standard InChI is InChI=1S/C32H33N7O8/c33-29-23(18-21(35-36-29)19-4-1-2-6-24(19)40)37-11-13-38(14-12-37)27(42)10-15-46-16-17-47-25-7-3-5-20-28(25)32(45)39(31(20)44)22-8-9-26(41)34-30(22)43/h1-7,18,22,40H,8-17H2,(H2,33,36)(H,34,41,43). The highest BCUT2D eigenvalue weighted by Crippen LogP contribution is 2.34. The number of phenolic OH excluding ortho intramolecular Hbond substituents is 1. The smallest absolute Gasteiger partial charge is 0.266 e. The van der Waals surface area contributed by atoms with Gasteiger partial charge in [-0.1, -0.05) is 18.2 Å². The monoisotopic (exact) mass is 643 g/mol. The topological polar surface area (TPSA) is 198 Å². The third kappa shape index (κ3) is 6.42. The lowest BCUT2D eigenvalue weighted by Crippen LogP contribution is -2.54. The fourth-order valence-electron chi connectivity index (χ4n) is 5.90. The summed E-state index contributed by atoms with van der Waals surface area (Å²) in [5.41, 5.74) is 8.04. The van der Waals surface area contributed by atoms with Gasteiger partial charge in [0, 0.05) is 38.2 Å². The molecule has 0 bridgehead atoms. The number of aromatic nitrogens is 2. The van der Waals surface area contributed by atoms with Gasteiger partial charge in [0.1, 0.15) is 24.1 Å². The van der Waals surface area contributed by atoms with Gasteiger partial charge in [0.05, 0.1) is 42.1 Å². The number of imide groups is 2. The molecule has 47 heavy (non-hydrogen) atoms. The summed E-state index contributed by atoms with van der Waals surface area (Å²) in [7, 11) is 0. The van der Waals surface area contributed by atoms with E-state index in [2.05, 4.69) is 15.5 Å². The number of nitrogen functional groups attached to an aromatic ring is 1. The molecule has 4 heterocycles. The maximum Gasteiger partial charge on any atom is 0.266 e. The van der Waals surface area contributed by atoms with Crippen LogP contribution in [0.25, 0.3) is 11.3 Å². The van der Waals surface area contributed by atoms with E-state index in [1.54, 1.807) is 47.4 Å². The second-order valence-corrected chi connectivity index (χ2v) is 11.2. The number of phenols is 1. The van der Waals surface area contributed by atoms with E-state index in [-0.39, 0.29) is 73.4 Å². The summed E-state index contributed by atoms with van der Waals surface area (Å²) < 4.78 is 11.4. The van der Waals surface area contributed by atoms with E-state index in [1.807, 2.05) is 4.90 Å². The SMILES string of the molecule is Nc1nnc(-c2ccccc2O)cc1N1CCN(C(=O)CCOCCOc2cccc3c2C(=O)N(C2CCC(=O)NC2=O)C3=O)CC1. The van der Waals surface area contributed by atoms with Gasteiger partial charge in [-0.05, 0) is 36.8 Å². The van der Waals surface area contributed by atoms with Gasteiger partial charge in [0.15, 0.2) is 5.82 Å². The number of carbonyl (C=O) groups is 5. The highest BCUT2D eigenvalue weighted by atomic mass is 16.5. The number of ether oxygens (including phenoxy) is 2. The van der Waals surface area contributed by atoms with Crippen LogP contribution in [0.2, 0.25) is 0 Å². The van der Waals surface area contributed by atoms with E-state index in [0.29, 0.717) is 43.1 Å². The first-order valence-corrected chi connectivity index (χ1v) is 15.2. The number of piperidine rings is 1. The summed E-state index contributed by atoms with van der Waals surface area (Å²) in [6, 6.07) is 12.2. The number of carbonyl (C=O) groups excluding carboxylic acids is 5. The van der Waals surface area contributed by atoms with Crippen molar-refractivity contribution < 1.29 is 38.6 Å². The lowest BCUT2D eigenvalue weighted by atomic mass is 10.0. The summed E-state index contributed by atoms with van der Waals surface area (Å²) in [5, 5.41) is 20.6. The van der Waals surface area contributed by atoms with Gasteiger partial charge in [-0.3, -0.25) is 34.2 Å². The number of nitrogens with one attached hydrogen (secondary N) is 1. The Morgan fingerprint density at radius 3 is 2.47 bits per heavy atom. The van der Waals surface area contributed by atoms with Gasteiger partial charge in [0.25, 0.3) is 11.8 Å². The molecular formula is C32H33N7O8. The molecule has 5 amide bonds. The third-order valence-electron chi connectivity index (χ3n) is 8.33. The number of benzene rings is 2. The number of hydrogen-bond acceptors (Lipinski definition) is 12. The van der Waals surface area contributed by atoms with Crippen molar-refractivity contribution in [3.63, 3.8) is 0 Å². The first kappa shape index (κ1) is 31.4. The zero-order valence-electron chi connectivity index (χ0n) is 25.4. The number of fused-ring (bicyclic) bond motifs is 1. The van der Waals surface area contributed by atoms with E-state index in [9.17, 15) is 29.1 Å². The molecule has 2 saturated heterocycles. The van der Waals surface area contributed by atoms with Crippen molar-refractivity contribution in [2.75, 3.05) is 56.6 Å². The van der Waals surface area contributed by atoms with Gasteiger partial charge in [-0.15, -0.1) is 10.2 Å². The molecule has 244 valence electrons. The summed E-state index contributed by atoms with van der Waals surface area (Å²) in [6.07, 6.45) is 0.266. The summed E-state index contributed by atoms with van der Waals surface area (Å²) in [5.74, 6) is -1.90. The quantitative estimate of drug-likeness (QED) is 0.209. The van der Waals surface area contributed by atoms with Crippen LogP contribution in [0.5, 0.6) is 11.5 Å². The zero-order valence-corrected chi connectivity index (χ0v) is 25.4. The predicted molar refractivity (Wildman–Crippen MR) is 166 cm³/mol. The molecule has 0 spiro atoms. The summed E-state index contributed by atoms with van der Waals surface area (Å²) in [6.45, 7) is 2.42. The number of para-hydroxylation sites is 1. The minimum absolute atomic E-state index is 0.0321. The minimum atomic E-state index is -1.06. The second-order valence-electron chi connectivity index (χ2n) is 11.2. The number of hydrogen-bond donors (Lipinski definition) is 3. The average Bonchev–Trinajstić information content (AvgIpc) is 3.32. The Bertz CT molecular complexity index is 1740. The second kappa shape index (κ2) is 13.4. The number of rotatable bonds is 10. The zero-order chi connectivity index (χ0) is 33.1. The Morgan fingerprint density at radius 1 is 0.936 bits per heavy atom. The Hall–Kier alpha value is -5.57. The van der Waals surface area contributed by atoms with Crippen molar-refractivity contribution in [1.82, 2.24) is 25.3 Å². The molecule has 1 unspecified atom stereocenters. The van der Waals surface area contributed by atoms with Crippen LogP contribution in [0.15, 0.2) is 48.5 Å². The highest BCUT2D eigenvalue weighted by Gasteiger charge is 2.46. The van der Waals surface area contributed by atoms with Crippen LogP contribution in [0.4, 0.5) is 11.5 Å². The molecule has 15 nitrogen and oxygen atoms in total. The lowest BCUT2D eigenvalue weighted by molar-refractivity contribution is -0.136. The molecule has 6 rings (SSSR count). The van der Waals surface area contributed by atoms with Crippen molar-refractivity contribution >= 4 is 41.0 Å². The number of nitrogens with zero attached hydrogens (tertiary/aromatic N) is 5. The van der Waals surface area contributed by atoms with Gasteiger partial charge in [-0.2, -0.15) is 0 Å². The lowest BCUT2D eigenvalue weighted by Gasteiger charge is -2.36. The Balaban J connectivity index is 0.948. The van der Waals surface area contributed by atoms with Crippen molar-refractivity contribution in [2.24, 2.45) is 0 Å². The molecule has 4 N–H and O–H groups in total. The highest BCUT2D eigenvalue weighted by molar-refractivity contribution is 6.24. The van der Waals surface area contributed by atoms with Crippen LogP contribution >= 0.6 is 0 Å². The van der Waals surface area contributed by atoms with E-state index in [0.717, 1.165) is 4.90 Å². The van der Waals surface area contributed by atoms with Crippen molar-refractivity contribution in [3.05, 3.63) is 59.7 Å². The molecule has 2 fully saturated rings. The fourth-order valence-corrected chi connectivity index (χ4v) is 5.90. The van der Waals surface area contributed by atoms with Gasteiger partial charge >= 0.3 is 0 Å². The van der Waals surface area contributed by atoms with E-state index < -0.39 is 29.7 Å². The Labute approximate surface area is 269 Å². The first-order chi connectivity index (χ1) is 22.7. The molecule has 3 aliphatic heterocycles. The number of amides is 5. The minimum Gasteiger partial charge on any atom is -0.507 e. The summed E-state index contributed by atoms with van der Waals surface area (Å²) >= 11 is 0. The summed E-state index contributed by atoms with van der Waals surface area (Å²) in [4.78, 5) is 67.5. The maximum absolute atomic E-state index is 13.2. The van der Waals surface area contributed by atoms with Gasteiger partial charge < -0.3 is 30.1 Å². The molecule has 1 atom stereocenters. The molecular weight excluding hydrogens is 610 g/mol. The molecule has 0 aliphatic carbocycles. The first-order valence-electron chi connectivity index (χ1n) is 15.2. The van der Waals surface area contributed by atoms with Gasteiger partial charge in [-0.25, -0.2) is 0 Å². The number of piperazine rings is 1. The van der Waals surface area contributed by atoms with E-state index in [1.165, 1.54) is 6.07 Å². The van der Waals surface area contributed by atoms with Crippen LogP contribution in [0.3, 0.4) is 0 Å². The number of anilines is 2. The van der Waals surface area contributed by atoms with Crippen molar-refractivity contribution in [2.45, 2.75) is 25.3 Å². The van der Waals surface area contributed by atoms with Crippen LogP contribution in [-0.2, 0) is 19.1 Å². The van der Waals surface area contributed by atoms with Crippen LogP contribution in [-0.4, -0.2) is 107 Å². The molecule has 0 radical (unpaired) electrons. The average molecular weight is 644 g/mol. The van der Waals surface area contributed by atoms with E-state index in [4.69, 9.17) is 15.2 Å². The molecule has 3 aromatic rings. The number of nitrogens with two attached hydrogens (primary N) is 1. The van der Waals surface area contributed by atoms with Gasteiger partial charge in [0.2, 0.25) is 17.7 Å². The molecule has 0 saturated carbocycles. The van der Waals surface area contributed by atoms with Crippen molar-refractivity contribution in [1.29, 1.82) is 0 Å². The molecule has 15 heteroatoms. The molecule has 1 aromatic heterocycles. The van der Waals surface area contributed by atoms with Crippen molar-refractivity contribution in [3.8, 4) is 22.8 Å². The predicted octanol–water partition coefficient (Wildman–Crippen LogP) is 0.967. The third-order valence-corrected chi connectivity index (χ3v) is 8.33. The van der Waals surface area contributed by atoms with Crippen LogP contribution in [0.1, 0.15) is 40.0 Å². The normalized spacial score (nSPS) is 18.0. The molecule has 2 aromatic carbocycles. The Kier molecular flexibility index (Phi) is 8.97. The largest absolute Gasteiger partial charge is 0.507 e. The molecule has 3 aliphatic rings.